The minimum atomic E-state index is -1.01. The maximum atomic E-state index is 12.9. The van der Waals surface area contributed by atoms with Gasteiger partial charge in [-0.3, -0.25) is 9.59 Å². The van der Waals surface area contributed by atoms with Gasteiger partial charge in [0.2, 0.25) is 5.91 Å². The van der Waals surface area contributed by atoms with Gasteiger partial charge in [0, 0.05) is 18.4 Å². The van der Waals surface area contributed by atoms with Crippen molar-refractivity contribution in [2.75, 3.05) is 6.61 Å². The Bertz CT molecular complexity index is 1170. The fraction of sp³-hybridized carbons (Fsp3) is 0.250. The number of hydrogen-bond acceptors (Lipinski definition) is 4. The Morgan fingerprint density at radius 3 is 2.03 bits per heavy atom. The fourth-order valence-corrected chi connectivity index (χ4v) is 4.50. The number of carbonyl (C=O) groups excluding carboxylic acids is 2. The van der Waals surface area contributed by atoms with Crippen LogP contribution in [0.15, 0.2) is 78.9 Å². The van der Waals surface area contributed by atoms with Gasteiger partial charge in [0.1, 0.15) is 12.6 Å². The average molecular weight is 473 g/mol. The second kappa shape index (κ2) is 10.9. The summed E-state index contributed by atoms with van der Waals surface area (Å²) in [5.74, 6) is -1.57. The van der Waals surface area contributed by atoms with E-state index in [1.54, 1.807) is 6.92 Å². The number of carbonyl (C=O) groups is 3. The number of carboxylic acid groups (broad SMARTS) is 1. The van der Waals surface area contributed by atoms with E-state index >= 15 is 0 Å². The molecule has 0 aliphatic heterocycles. The van der Waals surface area contributed by atoms with Crippen molar-refractivity contribution in [3.63, 3.8) is 0 Å². The molecule has 7 nitrogen and oxygen atoms in total. The number of fused-ring (bicyclic) bond motifs is 3. The highest BCUT2D eigenvalue weighted by molar-refractivity contribution is 5.86. The Hall–Kier alpha value is -4.13. The Morgan fingerprint density at radius 2 is 1.43 bits per heavy atom. The predicted molar refractivity (Wildman–Crippen MR) is 132 cm³/mol. The van der Waals surface area contributed by atoms with Gasteiger partial charge in [0.15, 0.2) is 0 Å². The van der Waals surface area contributed by atoms with Crippen LogP contribution in [0.4, 0.5) is 4.79 Å². The number of carboxylic acids is 1. The molecule has 1 unspecified atom stereocenters. The van der Waals surface area contributed by atoms with Crippen molar-refractivity contribution in [1.82, 2.24) is 10.6 Å². The number of rotatable bonds is 9. The number of hydrogen-bond donors (Lipinski definition) is 3. The molecule has 180 valence electrons. The molecule has 7 heteroatoms. The van der Waals surface area contributed by atoms with E-state index in [-0.39, 0.29) is 25.4 Å². The Labute approximate surface area is 204 Å². The lowest BCUT2D eigenvalue weighted by atomic mass is 9.98. The van der Waals surface area contributed by atoms with E-state index < -0.39 is 30.1 Å². The van der Waals surface area contributed by atoms with Gasteiger partial charge >= 0.3 is 12.1 Å². The third-order valence-corrected chi connectivity index (χ3v) is 6.10. The number of alkyl carbamates (subject to hydrolysis) is 1. The van der Waals surface area contributed by atoms with Gasteiger partial charge in [-0.2, -0.15) is 0 Å². The van der Waals surface area contributed by atoms with Gasteiger partial charge in [-0.05, 0) is 34.7 Å². The Kier molecular flexibility index (Phi) is 7.45. The summed E-state index contributed by atoms with van der Waals surface area (Å²) in [6.45, 7) is 1.74. The molecule has 3 N–H and O–H groups in total. The third-order valence-electron chi connectivity index (χ3n) is 6.10. The fourth-order valence-electron chi connectivity index (χ4n) is 4.50. The molecule has 3 aromatic carbocycles. The zero-order chi connectivity index (χ0) is 24.8. The lowest BCUT2D eigenvalue weighted by Gasteiger charge is -2.21. The summed E-state index contributed by atoms with van der Waals surface area (Å²) in [7, 11) is 0. The topological polar surface area (TPSA) is 105 Å². The second-order valence-electron chi connectivity index (χ2n) is 8.72. The molecule has 0 radical (unpaired) electrons. The first-order valence-electron chi connectivity index (χ1n) is 11.6. The summed E-state index contributed by atoms with van der Waals surface area (Å²) in [5.41, 5.74) is 5.32. The largest absolute Gasteiger partial charge is 0.481 e. The van der Waals surface area contributed by atoms with Crippen LogP contribution in [0.3, 0.4) is 0 Å². The van der Waals surface area contributed by atoms with Crippen molar-refractivity contribution >= 4 is 18.0 Å². The van der Waals surface area contributed by atoms with E-state index in [0.29, 0.717) is 0 Å². The lowest BCUT2D eigenvalue weighted by molar-refractivity contribution is -0.137. The van der Waals surface area contributed by atoms with Crippen LogP contribution in [0, 0.1) is 0 Å². The number of nitrogens with one attached hydrogen (secondary N) is 2. The minimum absolute atomic E-state index is 0.0925. The van der Waals surface area contributed by atoms with Crippen molar-refractivity contribution in [2.45, 2.75) is 37.8 Å². The summed E-state index contributed by atoms with van der Waals surface area (Å²) in [6, 6.07) is 23.9. The molecule has 2 atom stereocenters. The normalized spacial score (nSPS) is 13.7. The van der Waals surface area contributed by atoms with Gasteiger partial charge < -0.3 is 20.5 Å². The van der Waals surface area contributed by atoms with E-state index in [2.05, 4.69) is 22.8 Å². The van der Waals surface area contributed by atoms with Crippen molar-refractivity contribution < 1.29 is 24.2 Å². The second-order valence-corrected chi connectivity index (χ2v) is 8.72. The summed E-state index contributed by atoms with van der Waals surface area (Å²) in [6.07, 6.45) is -0.667. The van der Waals surface area contributed by atoms with E-state index in [9.17, 15) is 14.4 Å². The van der Waals surface area contributed by atoms with Gasteiger partial charge in [-0.1, -0.05) is 78.9 Å². The van der Waals surface area contributed by atoms with Crippen molar-refractivity contribution in [3.8, 4) is 11.1 Å². The molecule has 4 rings (SSSR count). The first-order valence-corrected chi connectivity index (χ1v) is 11.6. The number of ether oxygens (including phenoxy) is 1. The van der Waals surface area contributed by atoms with E-state index in [1.165, 1.54) is 0 Å². The Balaban J connectivity index is 1.44. The van der Waals surface area contributed by atoms with Crippen LogP contribution in [0.25, 0.3) is 11.1 Å². The van der Waals surface area contributed by atoms with E-state index in [4.69, 9.17) is 9.84 Å². The SMILES string of the molecule is C[C@H](CC(=O)O)NC(=O)C(Cc1ccccc1)NC(=O)OCC1c2ccccc2-c2ccccc21. The summed E-state index contributed by atoms with van der Waals surface area (Å²) in [4.78, 5) is 36.6. The average Bonchev–Trinajstić information content (AvgIpc) is 3.16. The van der Waals surface area contributed by atoms with Crippen LogP contribution in [0.2, 0.25) is 0 Å². The Morgan fingerprint density at radius 1 is 0.857 bits per heavy atom. The van der Waals surface area contributed by atoms with E-state index in [1.807, 2.05) is 66.7 Å². The van der Waals surface area contributed by atoms with Crippen molar-refractivity contribution in [3.05, 3.63) is 95.6 Å². The highest BCUT2D eigenvalue weighted by atomic mass is 16.5. The molecule has 0 saturated heterocycles. The third kappa shape index (κ3) is 5.87. The molecule has 3 aromatic rings. The first kappa shape index (κ1) is 24.0. The van der Waals surface area contributed by atoms with Gasteiger partial charge in [-0.25, -0.2) is 4.79 Å². The molecular formula is C28H28N2O5. The zero-order valence-corrected chi connectivity index (χ0v) is 19.4. The van der Waals surface area contributed by atoms with Crippen LogP contribution in [-0.2, 0) is 20.7 Å². The minimum Gasteiger partial charge on any atom is -0.481 e. The zero-order valence-electron chi connectivity index (χ0n) is 19.4. The van der Waals surface area contributed by atoms with Crippen molar-refractivity contribution in [2.24, 2.45) is 0 Å². The first-order chi connectivity index (χ1) is 16.9. The lowest BCUT2D eigenvalue weighted by Crippen LogP contribution is -2.50. The maximum Gasteiger partial charge on any atom is 0.407 e. The quantitative estimate of drug-likeness (QED) is 0.435. The van der Waals surface area contributed by atoms with Crippen LogP contribution in [0.5, 0.6) is 0 Å². The molecule has 35 heavy (non-hydrogen) atoms. The van der Waals surface area contributed by atoms with Crippen LogP contribution < -0.4 is 10.6 Å². The van der Waals surface area contributed by atoms with Crippen LogP contribution in [-0.4, -0.2) is 41.8 Å². The van der Waals surface area contributed by atoms with Crippen LogP contribution in [0.1, 0.15) is 36.0 Å². The highest BCUT2D eigenvalue weighted by Crippen LogP contribution is 2.44. The molecular weight excluding hydrogens is 444 g/mol. The summed E-state index contributed by atoms with van der Waals surface area (Å²) < 4.78 is 5.60. The molecule has 0 spiro atoms. The molecule has 0 saturated carbocycles. The molecule has 1 aliphatic carbocycles. The van der Waals surface area contributed by atoms with E-state index in [0.717, 1.165) is 27.8 Å². The predicted octanol–water partition coefficient (Wildman–Crippen LogP) is 4.12. The van der Waals surface area contributed by atoms with Gasteiger partial charge in [0.05, 0.1) is 6.42 Å². The summed E-state index contributed by atoms with van der Waals surface area (Å²) in [5, 5.41) is 14.3. The number of benzene rings is 3. The maximum absolute atomic E-state index is 12.9. The highest BCUT2D eigenvalue weighted by Gasteiger charge is 2.30. The molecule has 0 aromatic heterocycles. The van der Waals surface area contributed by atoms with Gasteiger partial charge in [-0.15, -0.1) is 0 Å². The molecule has 0 bridgehead atoms. The summed E-state index contributed by atoms with van der Waals surface area (Å²) >= 11 is 0. The number of aliphatic carboxylic acids is 1. The standard InChI is InChI=1S/C28H28N2O5/c1-18(15-26(31)32)29-27(33)25(16-19-9-3-2-4-10-19)30-28(34)35-17-24-22-13-7-5-11-20(22)21-12-6-8-14-23(21)24/h2-14,18,24-25H,15-17H2,1H3,(H,29,33)(H,30,34)(H,31,32)/t18-,25?/m1/s1. The van der Waals surface area contributed by atoms with Gasteiger partial charge in [0.25, 0.3) is 0 Å². The molecule has 0 fully saturated rings. The molecule has 1 aliphatic rings. The molecule has 2 amide bonds. The monoisotopic (exact) mass is 472 g/mol. The smallest absolute Gasteiger partial charge is 0.407 e. The molecule has 0 heterocycles. The van der Waals surface area contributed by atoms with Crippen LogP contribution >= 0.6 is 0 Å². The number of amides is 2. The van der Waals surface area contributed by atoms with Crippen molar-refractivity contribution in [1.29, 1.82) is 0 Å².